The predicted octanol–water partition coefficient (Wildman–Crippen LogP) is 3.38. The van der Waals surface area contributed by atoms with Gasteiger partial charge in [0.1, 0.15) is 11.9 Å². The van der Waals surface area contributed by atoms with Crippen LogP contribution in [0.15, 0.2) is 50.1 Å². The van der Waals surface area contributed by atoms with Crippen LogP contribution in [0.2, 0.25) is 0 Å². The van der Waals surface area contributed by atoms with Crippen LogP contribution < -0.4 is 10.5 Å². The summed E-state index contributed by atoms with van der Waals surface area (Å²) in [7, 11) is 0. The topological polar surface area (TPSA) is 72.6 Å². The zero-order chi connectivity index (χ0) is 18.5. The van der Waals surface area contributed by atoms with Crippen molar-refractivity contribution in [3.05, 3.63) is 61.3 Å². The second kappa shape index (κ2) is 6.03. The number of rotatable bonds is 4. The molecule has 4 nitrogen and oxygen atoms in total. The molecule has 1 unspecified atom stereocenters. The average Bonchev–Trinajstić information content (AvgIpc) is 2.55. The molecule has 9 heteroatoms. The van der Waals surface area contributed by atoms with Crippen LogP contribution in [0.3, 0.4) is 0 Å². The van der Waals surface area contributed by atoms with Crippen molar-refractivity contribution in [3.8, 4) is 5.75 Å². The van der Waals surface area contributed by atoms with Crippen LogP contribution in [-0.2, 0) is 0 Å². The molecule has 2 aliphatic rings. The molecule has 1 aromatic rings. The van der Waals surface area contributed by atoms with Crippen LogP contribution in [0.25, 0.3) is 0 Å². The molecule has 0 bridgehead atoms. The summed E-state index contributed by atoms with van der Waals surface area (Å²) in [4.78, 5) is 11.3. The Labute approximate surface area is 152 Å². The molecule has 3 N–H and O–H groups in total. The van der Waals surface area contributed by atoms with Gasteiger partial charge in [-0.1, -0.05) is 5.73 Å². The Balaban J connectivity index is 2.03. The van der Waals surface area contributed by atoms with Gasteiger partial charge in [0.05, 0.1) is 9.15 Å². The highest BCUT2D eigenvalue weighted by molar-refractivity contribution is 14.1. The van der Waals surface area contributed by atoms with E-state index in [1.165, 1.54) is 0 Å². The van der Waals surface area contributed by atoms with Crippen LogP contribution in [0, 0.1) is 0 Å². The van der Waals surface area contributed by atoms with Gasteiger partial charge in [-0.15, -0.1) is 0 Å². The second-order valence-corrected chi connectivity index (χ2v) is 6.34. The molecule has 0 radical (unpaired) electrons. The summed E-state index contributed by atoms with van der Waals surface area (Å²) in [6.07, 6.45) is -4.87. The Morgan fingerprint density at radius 3 is 2.60 bits per heavy atom. The minimum absolute atomic E-state index is 0.0560. The predicted molar refractivity (Wildman–Crippen MR) is 86.6 cm³/mol. The minimum atomic E-state index is -3.42. The van der Waals surface area contributed by atoms with Crippen molar-refractivity contribution in [3.63, 3.8) is 0 Å². The van der Waals surface area contributed by atoms with Gasteiger partial charge in [-0.05, 0) is 46.5 Å². The maximum atomic E-state index is 13.5. The van der Waals surface area contributed by atoms with Crippen molar-refractivity contribution in [1.82, 2.24) is 0 Å². The highest BCUT2D eigenvalue weighted by Crippen LogP contribution is 2.51. The third-order valence-electron chi connectivity index (χ3n) is 3.64. The lowest BCUT2D eigenvalue weighted by molar-refractivity contribution is -0.0915. The summed E-state index contributed by atoms with van der Waals surface area (Å²) in [5, 5.41) is 9.53. The van der Waals surface area contributed by atoms with E-state index in [-0.39, 0.29) is 26.2 Å². The number of carbonyl (C=O) groups excluding carboxylic acids is 1. The van der Waals surface area contributed by atoms with Gasteiger partial charge < -0.3 is 15.6 Å². The van der Waals surface area contributed by atoms with Crippen molar-refractivity contribution in [2.45, 2.75) is 18.5 Å². The molecule has 2 aliphatic carbocycles. The van der Waals surface area contributed by atoms with Gasteiger partial charge in [0.2, 0.25) is 5.91 Å². The van der Waals surface area contributed by atoms with Crippen LogP contribution in [0.5, 0.6) is 5.75 Å². The van der Waals surface area contributed by atoms with Gasteiger partial charge in [-0.2, -0.15) is 8.78 Å². The average molecular weight is 465 g/mol. The molecule has 25 heavy (non-hydrogen) atoms. The molecule has 1 atom stereocenters. The fraction of sp³-hybridized carbons (Fsp3) is 0.188. The van der Waals surface area contributed by atoms with Crippen molar-refractivity contribution in [2.75, 3.05) is 0 Å². The van der Waals surface area contributed by atoms with Crippen LogP contribution >= 0.6 is 22.6 Å². The number of halogens is 5. The molecule has 1 saturated carbocycles. The fourth-order valence-corrected chi connectivity index (χ4v) is 3.18. The van der Waals surface area contributed by atoms with E-state index in [9.17, 15) is 27.5 Å². The summed E-state index contributed by atoms with van der Waals surface area (Å²) in [6.45, 7) is 0. The largest absolute Gasteiger partial charge is 0.447 e. The Kier molecular flexibility index (Phi) is 4.28. The number of allylic oxidation sites excluding steroid dienone is 1. The van der Waals surface area contributed by atoms with Crippen molar-refractivity contribution < 1.29 is 32.2 Å². The van der Waals surface area contributed by atoms with Gasteiger partial charge in [-0.3, -0.25) is 4.79 Å². The number of carbonyl (C=O) groups is 1. The second-order valence-electron chi connectivity index (χ2n) is 5.27. The lowest BCUT2D eigenvalue weighted by Gasteiger charge is -2.38. The molecule has 0 saturated heterocycles. The van der Waals surface area contributed by atoms with Gasteiger partial charge in [0.25, 0.3) is 6.43 Å². The lowest BCUT2D eigenvalue weighted by atomic mass is 9.77. The fourth-order valence-electron chi connectivity index (χ4n) is 2.37. The Hall–Kier alpha value is -2.06. The number of ether oxygens (including phenoxy) is 1. The molecule has 1 amide bonds. The first-order chi connectivity index (χ1) is 11.6. The Bertz CT molecular complexity index is 925. The number of aliphatic hydroxyl groups excluding tert-OH is 1. The summed E-state index contributed by atoms with van der Waals surface area (Å²) in [6, 6.07) is 3.07. The number of hydrogen-bond acceptors (Lipinski definition) is 3. The number of benzene rings is 1. The lowest BCUT2D eigenvalue weighted by Crippen LogP contribution is -2.49. The highest BCUT2D eigenvalue weighted by Gasteiger charge is 2.59. The zero-order valence-electron chi connectivity index (χ0n) is 12.1. The van der Waals surface area contributed by atoms with E-state index in [2.05, 4.69) is 11.5 Å². The van der Waals surface area contributed by atoms with Crippen molar-refractivity contribution in [1.29, 1.82) is 0 Å². The monoisotopic (exact) mass is 465 g/mol. The quantitative estimate of drug-likeness (QED) is 0.407. The molecule has 1 aromatic carbocycles. The SMILES string of the molecule is NC(=O)c1cc(OC2=C=C=C3C(=C2I)C(O)C3(F)F)cc(C(F)F)c1. The van der Waals surface area contributed by atoms with E-state index in [1.54, 1.807) is 22.6 Å². The minimum Gasteiger partial charge on any atom is -0.447 e. The third kappa shape index (κ3) is 2.89. The molecule has 0 aliphatic heterocycles. The van der Waals surface area contributed by atoms with E-state index in [1.807, 2.05) is 0 Å². The number of hydrogen-bond donors (Lipinski definition) is 2. The molecule has 0 spiro atoms. The van der Waals surface area contributed by atoms with Gasteiger partial charge in [-0.25, -0.2) is 8.78 Å². The van der Waals surface area contributed by atoms with E-state index in [0.717, 1.165) is 18.2 Å². The zero-order valence-corrected chi connectivity index (χ0v) is 14.3. The molecule has 130 valence electrons. The van der Waals surface area contributed by atoms with E-state index in [4.69, 9.17) is 10.5 Å². The van der Waals surface area contributed by atoms with E-state index >= 15 is 0 Å². The van der Waals surface area contributed by atoms with Crippen LogP contribution in [0.4, 0.5) is 17.6 Å². The molecule has 0 heterocycles. The standard InChI is InChI=1S/C16H8F4INO3/c17-14(18)6-3-7(15(22)24)5-8(4-6)25-10-2-1-9-11(12(10)21)13(23)16(9,19)20/h3-5,13-14,23H,(H2,22,24). The maximum Gasteiger partial charge on any atom is 0.310 e. The third-order valence-corrected chi connectivity index (χ3v) is 4.71. The number of amides is 1. The van der Waals surface area contributed by atoms with Gasteiger partial charge in [0, 0.05) is 16.7 Å². The Morgan fingerprint density at radius 2 is 2.00 bits per heavy atom. The van der Waals surface area contributed by atoms with Gasteiger partial charge in [0.15, 0.2) is 5.76 Å². The summed E-state index contributed by atoms with van der Waals surface area (Å²) < 4.78 is 58.3. The number of alkyl halides is 4. The van der Waals surface area contributed by atoms with E-state index < -0.39 is 35.5 Å². The van der Waals surface area contributed by atoms with Gasteiger partial charge >= 0.3 is 5.92 Å². The van der Waals surface area contributed by atoms with E-state index in [0.29, 0.717) is 0 Å². The Morgan fingerprint density at radius 1 is 1.32 bits per heavy atom. The number of aliphatic hydroxyl groups is 1. The summed E-state index contributed by atoms with van der Waals surface area (Å²) >= 11 is 1.68. The first kappa shape index (κ1) is 17.8. The highest BCUT2D eigenvalue weighted by atomic mass is 127. The number of fused-ring (bicyclic) bond motifs is 1. The first-order valence-electron chi connectivity index (χ1n) is 6.76. The molecule has 0 aromatic heterocycles. The number of primary amides is 1. The summed E-state index contributed by atoms with van der Waals surface area (Å²) in [5.74, 6) is -4.57. The van der Waals surface area contributed by atoms with Crippen molar-refractivity contribution >= 4 is 28.5 Å². The smallest absolute Gasteiger partial charge is 0.310 e. The molecule has 1 fully saturated rings. The van der Waals surface area contributed by atoms with Crippen LogP contribution in [-0.4, -0.2) is 23.0 Å². The molecular formula is C16H8F4INO3. The maximum absolute atomic E-state index is 13.5. The van der Waals surface area contributed by atoms with Crippen LogP contribution in [0.1, 0.15) is 22.3 Å². The molecular weight excluding hydrogens is 457 g/mol. The molecule has 3 rings (SSSR count). The number of nitrogens with two attached hydrogens (primary N) is 1. The van der Waals surface area contributed by atoms with Crippen molar-refractivity contribution in [2.24, 2.45) is 5.73 Å². The normalized spacial score (nSPS) is 20.7. The summed E-state index contributed by atoms with van der Waals surface area (Å²) in [5.41, 5.74) is 8.46. The first-order valence-corrected chi connectivity index (χ1v) is 7.84.